The highest BCUT2D eigenvalue weighted by atomic mass is 15.3. The molecule has 0 atom stereocenters. The van der Waals surface area contributed by atoms with Gasteiger partial charge in [0, 0.05) is 30.5 Å². The van der Waals surface area contributed by atoms with E-state index < -0.39 is 0 Å². The van der Waals surface area contributed by atoms with Crippen LogP contribution in [0, 0.1) is 0 Å². The number of hydrogen-bond acceptors (Lipinski definition) is 4. The molecule has 0 amide bonds. The topological polar surface area (TPSA) is 71.4 Å². The predicted molar refractivity (Wildman–Crippen MR) is 73.8 cm³/mol. The molecule has 0 aliphatic rings. The van der Waals surface area contributed by atoms with E-state index in [2.05, 4.69) is 39.2 Å². The molecule has 0 unspecified atom stereocenters. The van der Waals surface area contributed by atoms with E-state index in [-0.39, 0.29) is 0 Å². The van der Waals surface area contributed by atoms with E-state index in [1.165, 1.54) is 0 Å². The zero-order valence-electron chi connectivity index (χ0n) is 11.0. The van der Waals surface area contributed by atoms with Crippen LogP contribution in [0.1, 0.15) is 25.5 Å². The Morgan fingerprint density at radius 1 is 1.37 bits per heavy atom. The van der Waals surface area contributed by atoms with E-state index in [9.17, 15) is 0 Å². The van der Waals surface area contributed by atoms with Gasteiger partial charge in [-0.15, -0.1) is 0 Å². The summed E-state index contributed by atoms with van der Waals surface area (Å²) in [6, 6.07) is 2.35. The smallest absolute Gasteiger partial charge is 0.142 e. The van der Waals surface area contributed by atoms with Crippen LogP contribution in [0.5, 0.6) is 0 Å². The second kappa shape index (κ2) is 4.72. The number of anilines is 1. The van der Waals surface area contributed by atoms with Crippen LogP contribution in [0.4, 0.5) is 5.82 Å². The summed E-state index contributed by atoms with van der Waals surface area (Å²) in [4.78, 5) is 11.5. The molecular formula is C13H16N6. The van der Waals surface area contributed by atoms with Crippen molar-refractivity contribution >= 4 is 16.9 Å². The Kier molecular flexibility index (Phi) is 2.91. The highest BCUT2D eigenvalue weighted by Crippen LogP contribution is 2.18. The van der Waals surface area contributed by atoms with Gasteiger partial charge in [0.15, 0.2) is 0 Å². The molecule has 6 nitrogen and oxygen atoms in total. The third kappa shape index (κ3) is 2.29. The lowest BCUT2D eigenvalue weighted by Gasteiger charge is -2.05. The van der Waals surface area contributed by atoms with Crippen molar-refractivity contribution in [2.45, 2.75) is 26.4 Å². The lowest BCUT2D eigenvalue weighted by molar-refractivity contribution is 0.532. The summed E-state index contributed by atoms with van der Waals surface area (Å²) in [7, 11) is 0. The Balaban J connectivity index is 1.76. The number of aromatic nitrogens is 5. The molecule has 0 bridgehead atoms. The van der Waals surface area contributed by atoms with Crippen LogP contribution < -0.4 is 5.32 Å². The van der Waals surface area contributed by atoms with Crippen LogP contribution in [0.25, 0.3) is 11.0 Å². The molecule has 3 heterocycles. The van der Waals surface area contributed by atoms with Gasteiger partial charge in [-0.05, 0) is 19.9 Å². The third-order valence-electron chi connectivity index (χ3n) is 3.00. The second-order valence-electron chi connectivity index (χ2n) is 4.74. The van der Waals surface area contributed by atoms with Crippen molar-refractivity contribution in [3.8, 4) is 0 Å². The van der Waals surface area contributed by atoms with Gasteiger partial charge in [0.1, 0.15) is 17.8 Å². The van der Waals surface area contributed by atoms with Gasteiger partial charge in [0.05, 0.1) is 11.6 Å². The number of hydrogen-bond donors (Lipinski definition) is 2. The fourth-order valence-corrected chi connectivity index (χ4v) is 1.95. The first-order chi connectivity index (χ1) is 9.24. The SMILES string of the molecule is CC(C)n1cc(CNc2ncnc3[nH]ccc23)cn1. The van der Waals surface area contributed by atoms with Crippen LogP contribution in [-0.4, -0.2) is 24.7 Å². The highest BCUT2D eigenvalue weighted by molar-refractivity contribution is 5.86. The molecule has 0 saturated carbocycles. The molecule has 0 aromatic carbocycles. The standard InChI is InChI=1S/C13H16N6/c1-9(2)19-7-10(6-18-19)5-15-13-11-3-4-14-12(11)16-8-17-13/h3-4,6-9H,5H2,1-2H3,(H2,14,15,16,17). The van der Waals surface area contributed by atoms with Gasteiger partial charge >= 0.3 is 0 Å². The summed E-state index contributed by atoms with van der Waals surface area (Å²) in [5.41, 5.74) is 1.98. The molecule has 19 heavy (non-hydrogen) atoms. The van der Waals surface area contributed by atoms with E-state index in [4.69, 9.17) is 0 Å². The molecule has 0 aliphatic carbocycles. The number of aromatic amines is 1. The molecule has 3 aromatic rings. The zero-order chi connectivity index (χ0) is 13.2. The number of H-pyrrole nitrogens is 1. The lowest BCUT2D eigenvalue weighted by Crippen LogP contribution is -2.02. The fourth-order valence-electron chi connectivity index (χ4n) is 1.95. The molecule has 0 aliphatic heterocycles. The Labute approximate surface area is 110 Å². The van der Waals surface area contributed by atoms with Gasteiger partial charge in [-0.2, -0.15) is 5.10 Å². The van der Waals surface area contributed by atoms with Crippen molar-refractivity contribution in [3.63, 3.8) is 0 Å². The molecule has 0 fully saturated rings. The fraction of sp³-hybridized carbons (Fsp3) is 0.308. The van der Waals surface area contributed by atoms with Crippen LogP contribution in [0.15, 0.2) is 31.0 Å². The van der Waals surface area contributed by atoms with E-state index in [0.29, 0.717) is 12.6 Å². The number of nitrogens with one attached hydrogen (secondary N) is 2. The molecule has 0 spiro atoms. The van der Waals surface area contributed by atoms with E-state index in [1.54, 1.807) is 6.33 Å². The Morgan fingerprint density at radius 3 is 3.05 bits per heavy atom. The van der Waals surface area contributed by atoms with Crippen LogP contribution in [0.2, 0.25) is 0 Å². The van der Waals surface area contributed by atoms with E-state index in [1.807, 2.05) is 29.3 Å². The minimum Gasteiger partial charge on any atom is -0.365 e. The molecule has 0 radical (unpaired) electrons. The van der Waals surface area contributed by atoms with E-state index >= 15 is 0 Å². The second-order valence-corrected chi connectivity index (χ2v) is 4.74. The third-order valence-corrected chi connectivity index (χ3v) is 3.00. The minimum atomic E-state index is 0.379. The van der Waals surface area contributed by atoms with Crippen LogP contribution >= 0.6 is 0 Å². The van der Waals surface area contributed by atoms with Gasteiger partial charge in [-0.1, -0.05) is 0 Å². The minimum absolute atomic E-state index is 0.379. The zero-order valence-corrected chi connectivity index (χ0v) is 11.0. The van der Waals surface area contributed by atoms with Crippen molar-refractivity contribution in [3.05, 3.63) is 36.5 Å². The first kappa shape index (κ1) is 11.7. The first-order valence-electron chi connectivity index (χ1n) is 6.29. The van der Waals surface area contributed by atoms with Gasteiger partial charge in [0.25, 0.3) is 0 Å². The number of nitrogens with zero attached hydrogens (tertiary/aromatic N) is 4. The molecule has 3 aromatic heterocycles. The molecule has 0 saturated heterocycles. The summed E-state index contributed by atoms with van der Waals surface area (Å²) in [5.74, 6) is 0.837. The van der Waals surface area contributed by atoms with Crippen molar-refractivity contribution in [1.82, 2.24) is 24.7 Å². The van der Waals surface area contributed by atoms with Crippen LogP contribution in [0.3, 0.4) is 0 Å². The lowest BCUT2D eigenvalue weighted by atomic mass is 10.3. The largest absolute Gasteiger partial charge is 0.365 e. The Bertz CT molecular complexity index is 681. The maximum atomic E-state index is 4.32. The first-order valence-corrected chi connectivity index (χ1v) is 6.29. The average molecular weight is 256 g/mol. The summed E-state index contributed by atoms with van der Waals surface area (Å²) >= 11 is 0. The van der Waals surface area contributed by atoms with Crippen LogP contribution in [-0.2, 0) is 6.54 Å². The number of rotatable bonds is 4. The Hall–Kier alpha value is -2.37. The maximum Gasteiger partial charge on any atom is 0.142 e. The quantitative estimate of drug-likeness (QED) is 0.751. The maximum absolute atomic E-state index is 4.32. The van der Waals surface area contributed by atoms with Gasteiger partial charge in [0.2, 0.25) is 0 Å². The summed E-state index contributed by atoms with van der Waals surface area (Å²) in [5, 5.41) is 8.63. The predicted octanol–water partition coefficient (Wildman–Crippen LogP) is 2.35. The van der Waals surface area contributed by atoms with Gasteiger partial charge in [-0.3, -0.25) is 4.68 Å². The van der Waals surface area contributed by atoms with Gasteiger partial charge in [-0.25, -0.2) is 9.97 Å². The number of fused-ring (bicyclic) bond motifs is 1. The van der Waals surface area contributed by atoms with Crippen molar-refractivity contribution in [1.29, 1.82) is 0 Å². The monoisotopic (exact) mass is 256 g/mol. The molecule has 6 heteroatoms. The molecule has 2 N–H and O–H groups in total. The normalized spacial score (nSPS) is 11.3. The summed E-state index contributed by atoms with van der Waals surface area (Å²) in [6.07, 6.45) is 7.34. The summed E-state index contributed by atoms with van der Waals surface area (Å²) < 4.78 is 1.95. The summed E-state index contributed by atoms with van der Waals surface area (Å²) in [6.45, 7) is 4.92. The molecular weight excluding hydrogens is 240 g/mol. The Morgan fingerprint density at radius 2 is 2.26 bits per heavy atom. The van der Waals surface area contributed by atoms with Crippen molar-refractivity contribution in [2.24, 2.45) is 0 Å². The average Bonchev–Trinajstić information content (AvgIpc) is 3.05. The molecule has 98 valence electrons. The molecule has 3 rings (SSSR count). The van der Waals surface area contributed by atoms with Crippen molar-refractivity contribution < 1.29 is 0 Å². The highest BCUT2D eigenvalue weighted by Gasteiger charge is 2.05. The van der Waals surface area contributed by atoms with E-state index in [0.717, 1.165) is 22.4 Å². The van der Waals surface area contributed by atoms with Crippen molar-refractivity contribution in [2.75, 3.05) is 5.32 Å². The van der Waals surface area contributed by atoms with Gasteiger partial charge < -0.3 is 10.3 Å².